The van der Waals surface area contributed by atoms with Crippen molar-refractivity contribution < 1.29 is 14.2 Å². The first kappa shape index (κ1) is 14.7. The van der Waals surface area contributed by atoms with Gasteiger partial charge >= 0.3 is 0 Å². The molecule has 1 unspecified atom stereocenters. The Hall–Kier alpha value is -2.74. The molecule has 0 bridgehead atoms. The highest BCUT2D eigenvalue weighted by atomic mass is 19.1. The predicted molar refractivity (Wildman–Crippen MR) is 77.8 cm³/mol. The predicted octanol–water partition coefficient (Wildman–Crippen LogP) is 3.58. The summed E-state index contributed by atoms with van der Waals surface area (Å²) in [4.78, 5) is 0. The van der Waals surface area contributed by atoms with Crippen LogP contribution < -0.4 is 10.1 Å². The Morgan fingerprint density at radius 1 is 1.29 bits per heavy atom. The summed E-state index contributed by atoms with van der Waals surface area (Å²) in [5.74, 6) is -0.0814. The van der Waals surface area contributed by atoms with Gasteiger partial charge in [-0.3, -0.25) is 0 Å². The summed E-state index contributed by atoms with van der Waals surface area (Å²) in [6.07, 6.45) is 0. The van der Waals surface area contributed by atoms with Crippen molar-refractivity contribution >= 4 is 5.69 Å². The molecule has 108 valence electrons. The minimum absolute atomic E-state index is 0.112. The molecule has 0 radical (unpaired) electrons. The molecule has 0 aliphatic carbocycles. The minimum Gasteiger partial charge on any atom is -0.508 e. The molecule has 1 atom stereocenters. The first-order valence-electron chi connectivity index (χ1n) is 6.38. The topological polar surface area (TPSA) is 65.3 Å². The van der Waals surface area contributed by atoms with Gasteiger partial charge in [0.25, 0.3) is 0 Å². The van der Waals surface area contributed by atoms with Gasteiger partial charge in [0.15, 0.2) is 0 Å². The molecule has 2 aromatic rings. The van der Waals surface area contributed by atoms with Gasteiger partial charge in [-0.25, -0.2) is 4.39 Å². The van der Waals surface area contributed by atoms with Crippen molar-refractivity contribution in [1.29, 1.82) is 5.26 Å². The second-order valence-corrected chi connectivity index (χ2v) is 4.60. The molecule has 0 aromatic heterocycles. The van der Waals surface area contributed by atoms with Crippen LogP contribution in [0.15, 0.2) is 36.4 Å². The number of hydrogen-bond acceptors (Lipinski definition) is 4. The lowest BCUT2D eigenvalue weighted by molar-refractivity contribution is 0.416. The Morgan fingerprint density at radius 3 is 2.67 bits per heavy atom. The Bertz CT molecular complexity index is 695. The number of nitrogens with zero attached hydrogens (tertiary/aromatic N) is 1. The van der Waals surface area contributed by atoms with E-state index in [1.54, 1.807) is 25.1 Å². The van der Waals surface area contributed by atoms with Gasteiger partial charge in [0.1, 0.15) is 17.3 Å². The third-order valence-corrected chi connectivity index (χ3v) is 3.15. The van der Waals surface area contributed by atoms with Crippen LogP contribution in [0, 0.1) is 17.1 Å². The summed E-state index contributed by atoms with van der Waals surface area (Å²) in [5, 5.41) is 21.2. The number of phenols is 1. The first-order valence-corrected chi connectivity index (χ1v) is 6.38. The van der Waals surface area contributed by atoms with E-state index in [0.29, 0.717) is 22.6 Å². The van der Waals surface area contributed by atoms with E-state index in [0.717, 1.165) is 6.07 Å². The van der Waals surface area contributed by atoms with E-state index in [-0.39, 0.29) is 11.8 Å². The maximum absolute atomic E-state index is 13.8. The van der Waals surface area contributed by atoms with Crippen LogP contribution in [0.25, 0.3) is 0 Å². The lowest BCUT2D eigenvalue weighted by Crippen LogP contribution is -2.09. The number of benzene rings is 2. The molecule has 5 heteroatoms. The number of halogens is 1. The average Bonchev–Trinajstić information content (AvgIpc) is 2.47. The fraction of sp³-hybridized carbons (Fsp3) is 0.188. The molecule has 2 rings (SSSR count). The van der Waals surface area contributed by atoms with Crippen LogP contribution in [0.5, 0.6) is 11.5 Å². The zero-order valence-electron chi connectivity index (χ0n) is 11.7. The van der Waals surface area contributed by atoms with Crippen LogP contribution in [0.3, 0.4) is 0 Å². The molecule has 2 N–H and O–H groups in total. The summed E-state index contributed by atoms with van der Waals surface area (Å²) in [6, 6.07) is 10.7. The van der Waals surface area contributed by atoms with E-state index in [2.05, 4.69) is 5.32 Å². The third kappa shape index (κ3) is 3.23. The van der Waals surface area contributed by atoms with Crippen LogP contribution >= 0.6 is 0 Å². The quantitative estimate of drug-likeness (QED) is 0.901. The number of ether oxygens (including phenoxy) is 1. The average molecular weight is 286 g/mol. The van der Waals surface area contributed by atoms with Crippen LogP contribution in [0.4, 0.5) is 10.1 Å². The molecular weight excluding hydrogens is 271 g/mol. The summed E-state index contributed by atoms with van der Waals surface area (Å²) in [6.45, 7) is 1.80. The molecular formula is C16H15FN2O2. The van der Waals surface area contributed by atoms with Crippen LogP contribution in [-0.2, 0) is 0 Å². The van der Waals surface area contributed by atoms with Crippen molar-refractivity contribution in [3.63, 3.8) is 0 Å². The molecule has 0 aliphatic rings. The summed E-state index contributed by atoms with van der Waals surface area (Å²) < 4.78 is 19.1. The number of rotatable bonds is 4. The van der Waals surface area contributed by atoms with Crippen molar-refractivity contribution in [2.24, 2.45) is 0 Å². The number of phenolic OH excluding ortho intramolecular Hbond substituents is 1. The summed E-state index contributed by atoms with van der Waals surface area (Å²) in [5.41, 5.74) is 1.58. The molecule has 0 amide bonds. The first-order chi connectivity index (χ1) is 10.0. The fourth-order valence-electron chi connectivity index (χ4n) is 2.06. The van der Waals surface area contributed by atoms with Gasteiger partial charge in [-0.15, -0.1) is 0 Å². The van der Waals surface area contributed by atoms with E-state index >= 15 is 0 Å². The molecule has 0 saturated carbocycles. The zero-order chi connectivity index (χ0) is 15.4. The van der Waals surface area contributed by atoms with Gasteiger partial charge in [-0.1, -0.05) is 6.07 Å². The third-order valence-electron chi connectivity index (χ3n) is 3.15. The highest BCUT2D eigenvalue weighted by molar-refractivity contribution is 5.60. The SMILES string of the molecule is COc1cc(C#N)ccc1NC(C)c1ccc(O)cc1F. The molecule has 0 heterocycles. The standard InChI is InChI=1S/C16H15FN2O2/c1-10(13-5-4-12(20)8-14(13)17)19-15-6-3-11(9-18)7-16(15)21-2/h3-8,10,19-20H,1-2H3. The number of nitriles is 1. The summed E-state index contributed by atoms with van der Waals surface area (Å²) in [7, 11) is 1.51. The van der Waals surface area contributed by atoms with E-state index in [1.165, 1.54) is 19.2 Å². The number of hydrogen-bond donors (Lipinski definition) is 2. The number of anilines is 1. The minimum atomic E-state index is -0.484. The van der Waals surface area contributed by atoms with Crippen molar-refractivity contribution in [2.45, 2.75) is 13.0 Å². The molecule has 0 saturated heterocycles. The highest BCUT2D eigenvalue weighted by Gasteiger charge is 2.13. The van der Waals surface area contributed by atoms with Gasteiger partial charge < -0.3 is 15.2 Å². The Labute approximate surface area is 122 Å². The Morgan fingerprint density at radius 2 is 2.05 bits per heavy atom. The van der Waals surface area contributed by atoms with Crippen LogP contribution in [0.2, 0.25) is 0 Å². The van der Waals surface area contributed by atoms with Crippen molar-refractivity contribution in [3.05, 3.63) is 53.3 Å². The van der Waals surface area contributed by atoms with Crippen molar-refractivity contribution in [3.8, 4) is 17.6 Å². The van der Waals surface area contributed by atoms with E-state index < -0.39 is 5.82 Å². The maximum atomic E-state index is 13.8. The Balaban J connectivity index is 2.27. The molecule has 2 aromatic carbocycles. The lowest BCUT2D eigenvalue weighted by Gasteiger charge is -2.18. The van der Waals surface area contributed by atoms with E-state index in [1.807, 2.05) is 6.07 Å². The zero-order valence-corrected chi connectivity index (χ0v) is 11.7. The van der Waals surface area contributed by atoms with Gasteiger partial charge in [-0.05, 0) is 25.1 Å². The normalized spacial score (nSPS) is 11.5. The summed E-state index contributed by atoms with van der Waals surface area (Å²) >= 11 is 0. The van der Waals surface area contributed by atoms with Gasteiger partial charge in [0.2, 0.25) is 0 Å². The lowest BCUT2D eigenvalue weighted by atomic mass is 10.1. The van der Waals surface area contributed by atoms with Gasteiger partial charge in [-0.2, -0.15) is 5.26 Å². The Kier molecular flexibility index (Phi) is 4.29. The number of aromatic hydroxyl groups is 1. The number of nitrogens with one attached hydrogen (secondary N) is 1. The van der Waals surface area contributed by atoms with Gasteiger partial charge in [0.05, 0.1) is 30.5 Å². The molecule has 21 heavy (non-hydrogen) atoms. The fourth-order valence-corrected chi connectivity index (χ4v) is 2.06. The van der Waals surface area contributed by atoms with Crippen molar-refractivity contribution in [2.75, 3.05) is 12.4 Å². The molecule has 0 spiro atoms. The van der Waals surface area contributed by atoms with E-state index in [9.17, 15) is 9.50 Å². The second kappa shape index (κ2) is 6.14. The maximum Gasteiger partial charge on any atom is 0.143 e. The van der Waals surface area contributed by atoms with Crippen LogP contribution in [0.1, 0.15) is 24.1 Å². The van der Waals surface area contributed by atoms with Gasteiger partial charge in [0, 0.05) is 17.7 Å². The smallest absolute Gasteiger partial charge is 0.143 e. The van der Waals surface area contributed by atoms with Crippen LogP contribution in [-0.4, -0.2) is 12.2 Å². The molecule has 4 nitrogen and oxygen atoms in total. The second-order valence-electron chi connectivity index (χ2n) is 4.60. The van der Waals surface area contributed by atoms with E-state index in [4.69, 9.17) is 10.00 Å². The molecule has 0 fully saturated rings. The highest BCUT2D eigenvalue weighted by Crippen LogP contribution is 2.30. The monoisotopic (exact) mass is 286 g/mol. The number of methoxy groups -OCH3 is 1. The largest absolute Gasteiger partial charge is 0.508 e. The molecule has 0 aliphatic heterocycles. The van der Waals surface area contributed by atoms with Crippen molar-refractivity contribution in [1.82, 2.24) is 0 Å².